The van der Waals surface area contributed by atoms with Crippen LogP contribution >= 0.6 is 0 Å². The molecular formula is C10H10FNO. The van der Waals surface area contributed by atoms with E-state index in [4.69, 9.17) is 10.4 Å². The van der Waals surface area contributed by atoms with Crippen LogP contribution in [0, 0.1) is 17.1 Å². The molecule has 0 amide bonds. The topological polar surface area (TPSA) is 44.0 Å². The Labute approximate surface area is 76.2 Å². The fraction of sp³-hybridized carbons (Fsp3) is 0.300. The lowest BCUT2D eigenvalue weighted by atomic mass is 9.97. The van der Waals surface area contributed by atoms with E-state index in [1.807, 2.05) is 6.07 Å². The molecule has 0 fully saturated rings. The van der Waals surface area contributed by atoms with Gasteiger partial charge in [-0.15, -0.1) is 0 Å². The van der Waals surface area contributed by atoms with Gasteiger partial charge in [-0.05, 0) is 12.5 Å². The number of rotatable bonds is 3. The number of hydrogen-bond acceptors (Lipinski definition) is 2. The minimum Gasteiger partial charge on any atom is -0.396 e. The average molecular weight is 179 g/mol. The Balaban J connectivity index is 2.92. The summed E-state index contributed by atoms with van der Waals surface area (Å²) >= 11 is 0. The monoisotopic (exact) mass is 179 g/mol. The fourth-order valence-electron chi connectivity index (χ4n) is 1.18. The molecule has 3 heteroatoms. The van der Waals surface area contributed by atoms with Crippen molar-refractivity contribution >= 4 is 0 Å². The zero-order valence-corrected chi connectivity index (χ0v) is 7.07. The van der Waals surface area contributed by atoms with Crippen molar-refractivity contribution in [1.82, 2.24) is 0 Å². The molecule has 0 spiro atoms. The molecule has 1 atom stereocenters. The summed E-state index contributed by atoms with van der Waals surface area (Å²) in [7, 11) is 0. The Kier molecular flexibility index (Phi) is 3.41. The van der Waals surface area contributed by atoms with Gasteiger partial charge in [0.05, 0.1) is 12.0 Å². The molecule has 13 heavy (non-hydrogen) atoms. The zero-order chi connectivity index (χ0) is 9.68. The lowest BCUT2D eigenvalue weighted by Crippen LogP contribution is -2.01. The number of halogens is 1. The maximum absolute atomic E-state index is 13.1. The van der Waals surface area contributed by atoms with Crippen LogP contribution in [0.15, 0.2) is 24.3 Å². The first-order valence-corrected chi connectivity index (χ1v) is 4.04. The molecule has 1 aromatic carbocycles. The summed E-state index contributed by atoms with van der Waals surface area (Å²) in [6, 6.07) is 8.10. The average Bonchev–Trinajstić information content (AvgIpc) is 2.16. The molecule has 0 aliphatic carbocycles. The molecule has 0 saturated carbocycles. The van der Waals surface area contributed by atoms with E-state index in [2.05, 4.69) is 0 Å². The summed E-state index contributed by atoms with van der Waals surface area (Å²) in [4.78, 5) is 0. The Morgan fingerprint density at radius 2 is 2.15 bits per heavy atom. The third-order valence-corrected chi connectivity index (χ3v) is 1.85. The molecule has 0 bridgehead atoms. The predicted molar refractivity (Wildman–Crippen MR) is 46.5 cm³/mol. The first-order chi connectivity index (χ1) is 6.29. The highest BCUT2D eigenvalue weighted by Crippen LogP contribution is 2.20. The third kappa shape index (κ3) is 2.27. The van der Waals surface area contributed by atoms with Crippen molar-refractivity contribution in [2.45, 2.75) is 12.3 Å². The predicted octanol–water partition coefficient (Wildman–Crippen LogP) is 1.82. The standard InChI is InChI=1S/C10H10FNO/c11-10-4-2-1-3-9(10)8(7-12)5-6-13/h1-4,8,13H,5-6H2. The van der Waals surface area contributed by atoms with Gasteiger partial charge in [-0.2, -0.15) is 5.26 Å². The van der Waals surface area contributed by atoms with Crippen molar-refractivity contribution < 1.29 is 9.50 Å². The molecule has 0 aliphatic rings. The van der Waals surface area contributed by atoms with Crippen LogP contribution in [0.3, 0.4) is 0 Å². The molecule has 1 rings (SSSR count). The summed E-state index contributed by atoms with van der Waals surface area (Å²) in [6.45, 7) is -0.105. The molecule has 0 aliphatic heterocycles. The number of nitrogens with zero attached hydrogens (tertiary/aromatic N) is 1. The second kappa shape index (κ2) is 4.58. The highest BCUT2D eigenvalue weighted by atomic mass is 19.1. The number of aliphatic hydroxyl groups excluding tert-OH is 1. The maximum atomic E-state index is 13.1. The Morgan fingerprint density at radius 3 is 2.69 bits per heavy atom. The van der Waals surface area contributed by atoms with Crippen LogP contribution in [0.25, 0.3) is 0 Å². The molecule has 68 valence electrons. The number of aliphatic hydroxyl groups is 1. The molecule has 0 heterocycles. The highest BCUT2D eigenvalue weighted by molar-refractivity contribution is 5.26. The summed E-state index contributed by atoms with van der Waals surface area (Å²) in [5, 5.41) is 17.4. The van der Waals surface area contributed by atoms with E-state index in [0.717, 1.165) is 0 Å². The molecule has 0 saturated heterocycles. The van der Waals surface area contributed by atoms with E-state index in [9.17, 15) is 4.39 Å². The Hall–Kier alpha value is -1.40. The highest BCUT2D eigenvalue weighted by Gasteiger charge is 2.13. The minimum absolute atomic E-state index is 0.105. The van der Waals surface area contributed by atoms with E-state index in [1.54, 1.807) is 18.2 Å². The Morgan fingerprint density at radius 1 is 1.46 bits per heavy atom. The van der Waals surface area contributed by atoms with Gasteiger partial charge in [0.2, 0.25) is 0 Å². The van der Waals surface area contributed by atoms with Gasteiger partial charge >= 0.3 is 0 Å². The third-order valence-electron chi connectivity index (χ3n) is 1.85. The fourth-order valence-corrected chi connectivity index (χ4v) is 1.18. The normalized spacial score (nSPS) is 12.1. The van der Waals surface area contributed by atoms with Gasteiger partial charge in [0.15, 0.2) is 0 Å². The van der Waals surface area contributed by atoms with E-state index < -0.39 is 5.92 Å². The molecule has 1 aromatic rings. The van der Waals surface area contributed by atoms with Crippen molar-refractivity contribution in [3.63, 3.8) is 0 Å². The van der Waals surface area contributed by atoms with Gasteiger partial charge in [-0.3, -0.25) is 0 Å². The van der Waals surface area contributed by atoms with Crippen molar-refractivity contribution in [3.05, 3.63) is 35.6 Å². The van der Waals surface area contributed by atoms with Gasteiger partial charge in [-0.25, -0.2) is 4.39 Å². The van der Waals surface area contributed by atoms with Crippen molar-refractivity contribution in [2.24, 2.45) is 0 Å². The lowest BCUT2D eigenvalue weighted by Gasteiger charge is -2.07. The van der Waals surface area contributed by atoms with E-state index in [1.165, 1.54) is 6.07 Å². The van der Waals surface area contributed by atoms with E-state index >= 15 is 0 Å². The van der Waals surface area contributed by atoms with Crippen LogP contribution in [0.5, 0.6) is 0 Å². The van der Waals surface area contributed by atoms with Gasteiger partial charge in [0, 0.05) is 12.2 Å². The van der Waals surface area contributed by atoms with Gasteiger partial charge in [-0.1, -0.05) is 18.2 Å². The molecule has 2 nitrogen and oxygen atoms in total. The SMILES string of the molecule is N#CC(CCO)c1ccccc1F. The minimum atomic E-state index is -0.550. The van der Waals surface area contributed by atoms with Crippen LogP contribution < -0.4 is 0 Å². The number of nitriles is 1. The summed E-state index contributed by atoms with van der Waals surface area (Å²) < 4.78 is 13.1. The van der Waals surface area contributed by atoms with Crippen molar-refractivity contribution in [1.29, 1.82) is 5.26 Å². The Bertz CT molecular complexity index is 319. The second-order valence-corrected chi connectivity index (χ2v) is 2.72. The number of hydrogen-bond donors (Lipinski definition) is 1. The van der Waals surface area contributed by atoms with Gasteiger partial charge < -0.3 is 5.11 Å². The van der Waals surface area contributed by atoms with Crippen LogP contribution in [-0.2, 0) is 0 Å². The lowest BCUT2D eigenvalue weighted by molar-refractivity contribution is 0.283. The van der Waals surface area contributed by atoms with Gasteiger partial charge in [0.1, 0.15) is 5.82 Å². The summed E-state index contributed by atoms with van der Waals surface area (Å²) in [6.07, 6.45) is 0.275. The van der Waals surface area contributed by atoms with Crippen LogP contribution in [0.4, 0.5) is 4.39 Å². The molecule has 0 aromatic heterocycles. The molecule has 1 N–H and O–H groups in total. The maximum Gasteiger partial charge on any atom is 0.127 e. The van der Waals surface area contributed by atoms with E-state index in [0.29, 0.717) is 5.56 Å². The quantitative estimate of drug-likeness (QED) is 0.769. The van der Waals surface area contributed by atoms with Crippen molar-refractivity contribution in [3.8, 4) is 6.07 Å². The molecular weight excluding hydrogens is 169 g/mol. The van der Waals surface area contributed by atoms with Crippen LogP contribution in [0.2, 0.25) is 0 Å². The first kappa shape index (κ1) is 9.69. The second-order valence-electron chi connectivity index (χ2n) is 2.72. The van der Waals surface area contributed by atoms with Crippen molar-refractivity contribution in [2.75, 3.05) is 6.61 Å². The van der Waals surface area contributed by atoms with E-state index in [-0.39, 0.29) is 18.8 Å². The first-order valence-electron chi connectivity index (χ1n) is 4.04. The molecule has 1 unspecified atom stereocenters. The zero-order valence-electron chi connectivity index (χ0n) is 7.07. The molecule has 0 radical (unpaired) electrons. The number of benzene rings is 1. The smallest absolute Gasteiger partial charge is 0.127 e. The summed E-state index contributed by atoms with van der Waals surface area (Å²) in [5.41, 5.74) is 0.360. The van der Waals surface area contributed by atoms with Gasteiger partial charge in [0.25, 0.3) is 0 Å². The van der Waals surface area contributed by atoms with Crippen LogP contribution in [0.1, 0.15) is 17.9 Å². The van der Waals surface area contributed by atoms with Crippen LogP contribution in [-0.4, -0.2) is 11.7 Å². The summed E-state index contributed by atoms with van der Waals surface area (Å²) in [5.74, 6) is -0.936. The largest absolute Gasteiger partial charge is 0.396 e.